The molecule has 0 saturated heterocycles. The lowest BCUT2D eigenvalue weighted by Crippen LogP contribution is -2.38. The summed E-state index contributed by atoms with van der Waals surface area (Å²) >= 11 is 0. The number of hydrogen-bond acceptors (Lipinski definition) is 5. The van der Waals surface area contributed by atoms with Gasteiger partial charge >= 0.3 is 0 Å². The lowest BCUT2D eigenvalue weighted by atomic mass is 9.79. The molecule has 7 nitrogen and oxygen atoms in total. The van der Waals surface area contributed by atoms with E-state index in [-0.39, 0.29) is 17.3 Å². The van der Waals surface area contributed by atoms with E-state index in [0.29, 0.717) is 0 Å². The van der Waals surface area contributed by atoms with E-state index < -0.39 is 23.3 Å². The molecule has 0 aliphatic carbocycles. The van der Waals surface area contributed by atoms with E-state index in [4.69, 9.17) is 0 Å². The van der Waals surface area contributed by atoms with Gasteiger partial charge in [0, 0.05) is 11.6 Å². The summed E-state index contributed by atoms with van der Waals surface area (Å²) in [5.41, 5.74) is 2.36. The second kappa shape index (κ2) is 7.00. The normalized spacial score (nSPS) is 17.9. The number of H-pyrrole nitrogens is 1. The van der Waals surface area contributed by atoms with Crippen LogP contribution in [-0.2, 0) is 4.79 Å². The highest BCUT2D eigenvalue weighted by Gasteiger charge is 2.40. The highest BCUT2D eigenvalue weighted by atomic mass is 16.2. The maximum absolute atomic E-state index is 12.9. The monoisotopic (exact) mass is 371 g/mol. The minimum Gasteiger partial charge on any atom is -0.326 e. The quantitative estimate of drug-likeness (QED) is 0.655. The average molecular weight is 371 g/mol. The molecule has 2 atom stereocenters. The third kappa shape index (κ3) is 3.12. The van der Waals surface area contributed by atoms with Crippen molar-refractivity contribution in [1.82, 2.24) is 9.97 Å². The van der Waals surface area contributed by atoms with Gasteiger partial charge in [-0.25, -0.2) is 0 Å². The summed E-state index contributed by atoms with van der Waals surface area (Å²) < 4.78 is 0. The summed E-state index contributed by atoms with van der Waals surface area (Å²) in [6, 6.07) is 18.8. The van der Waals surface area contributed by atoms with Crippen LogP contribution in [-0.4, -0.2) is 15.9 Å². The Labute approximate surface area is 161 Å². The summed E-state index contributed by atoms with van der Waals surface area (Å²) in [4.78, 5) is 32.5. The summed E-state index contributed by atoms with van der Waals surface area (Å²) in [5.74, 6) is -1.77. The second-order valence-corrected chi connectivity index (χ2v) is 6.66. The van der Waals surface area contributed by atoms with E-state index in [9.17, 15) is 14.9 Å². The van der Waals surface area contributed by atoms with E-state index in [1.807, 2.05) is 67.6 Å². The van der Waals surface area contributed by atoms with Crippen LogP contribution in [0.15, 0.2) is 59.4 Å². The van der Waals surface area contributed by atoms with Crippen LogP contribution in [0.25, 0.3) is 0 Å². The van der Waals surface area contributed by atoms with Crippen LogP contribution >= 0.6 is 0 Å². The van der Waals surface area contributed by atoms with Crippen LogP contribution in [0.1, 0.15) is 22.6 Å². The number of aromatic amines is 1. The van der Waals surface area contributed by atoms with Gasteiger partial charge in [0.1, 0.15) is 11.7 Å². The zero-order chi connectivity index (χ0) is 19.7. The lowest BCUT2D eigenvalue weighted by Gasteiger charge is -2.28. The Bertz CT molecular complexity index is 1150. The number of nitrogens with zero attached hydrogens (tertiary/aromatic N) is 2. The number of para-hydroxylation sites is 1. The second-order valence-electron chi connectivity index (χ2n) is 6.66. The van der Waals surface area contributed by atoms with Gasteiger partial charge in [-0.05, 0) is 24.6 Å². The molecule has 0 fully saturated rings. The molecule has 2 heterocycles. The molecule has 1 amide bonds. The van der Waals surface area contributed by atoms with Gasteiger partial charge in [-0.1, -0.05) is 48.0 Å². The van der Waals surface area contributed by atoms with Crippen LogP contribution in [0.4, 0.5) is 17.5 Å². The molecule has 138 valence electrons. The van der Waals surface area contributed by atoms with E-state index in [1.54, 1.807) is 0 Å². The first kappa shape index (κ1) is 17.5. The Morgan fingerprint density at radius 3 is 2.61 bits per heavy atom. The van der Waals surface area contributed by atoms with E-state index in [1.165, 1.54) is 0 Å². The Hall–Kier alpha value is -3.92. The molecule has 1 aliphatic heterocycles. The number of hydrogen-bond donors (Lipinski definition) is 3. The molecule has 3 aromatic rings. The van der Waals surface area contributed by atoms with Crippen molar-refractivity contribution in [2.45, 2.75) is 12.8 Å². The molecule has 7 heteroatoms. The zero-order valence-corrected chi connectivity index (χ0v) is 15.1. The number of nitrogens with one attached hydrogen (secondary N) is 3. The van der Waals surface area contributed by atoms with Crippen molar-refractivity contribution >= 4 is 23.4 Å². The first-order valence-corrected chi connectivity index (χ1v) is 8.80. The number of aromatic nitrogens is 2. The molecule has 2 unspecified atom stereocenters. The number of rotatable bonds is 3. The van der Waals surface area contributed by atoms with Gasteiger partial charge in [0.05, 0.1) is 11.6 Å². The van der Waals surface area contributed by atoms with Crippen molar-refractivity contribution in [2.75, 3.05) is 10.6 Å². The minimum atomic E-state index is -1.01. The lowest BCUT2D eigenvalue weighted by molar-refractivity contribution is -0.119. The van der Waals surface area contributed by atoms with Gasteiger partial charge in [0.15, 0.2) is 0 Å². The van der Waals surface area contributed by atoms with Crippen molar-refractivity contribution in [1.29, 1.82) is 5.26 Å². The van der Waals surface area contributed by atoms with E-state index in [0.717, 1.165) is 16.8 Å². The van der Waals surface area contributed by atoms with Gasteiger partial charge in [0.2, 0.25) is 11.9 Å². The maximum atomic E-state index is 12.9. The number of aryl methyl sites for hydroxylation is 1. The minimum absolute atomic E-state index is 0.171. The smallest absolute Gasteiger partial charge is 0.258 e. The van der Waals surface area contributed by atoms with Crippen LogP contribution in [0, 0.1) is 24.2 Å². The molecular weight excluding hydrogens is 354 g/mol. The Morgan fingerprint density at radius 1 is 1.11 bits per heavy atom. The molecule has 1 aromatic heterocycles. The fourth-order valence-corrected chi connectivity index (χ4v) is 3.45. The van der Waals surface area contributed by atoms with Gasteiger partial charge in [-0.3, -0.25) is 14.6 Å². The van der Waals surface area contributed by atoms with Crippen molar-refractivity contribution in [2.24, 2.45) is 5.92 Å². The Balaban J connectivity index is 1.83. The van der Waals surface area contributed by atoms with Crippen LogP contribution in [0.3, 0.4) is 0 Å². The number of nitriles is 1. The van der Waals surface area contributed by atoms with Crippen molar-refractivity contribution in [3.05, 3.63) is 81.6 Å². The fraction of sp³-hybridized carbons (Fsp3) is 0.143. The number of carbonyl (C=O) groups excluding carboxylic acids is 1. The standard InChI is InChI=1S/C21H17N5O2/c1-12-6-5-7-13(10-12)16-15(11-22)19(27)24-18-17(16)20(28)26-21(25-18)23-14-8-3-2-4-9-14/h2-10,15-16H,1H3,(H3,23,24,25,26,27,28). The highest BCUT2D eigenvalue weighted by molar-refractivity contribution is 5.98. The van der Waals surface area contributed by atoms with Crippen LogP contribution in [0.2, 0.25) is 0 Å². The number of carbonyl (C=O) groups is 1. The number of fused-ring (bicyclic) bond motifs is 1. The molecule has 4 rings (SSSR count). The first-order valence-electron chi connectivity index (χ1n) is 8.80. The highest BCUT2D eigenvalue weighted by Crippen LogP contribution is 2.38. The molecule has 1 aliphatic rings. The molecule has 0 bridgehead atoms. The van der Waals surface area contributed by atoms with Crippen molar-refractivity contribution in [3.63, 3.8) is 0 Å². The predicted molar refractivity (Wildman–Crippen MR) is 105 cm³/mol. The average Bonchev–Trinajstić information content (AvgIpc) is 2.67. The summed E-state index contributed by atoms with van der Waals surface area (Å²) in [5, 5.41) is 15.2. The van der Waals surface area contributed by atoms with Crippen molar-refractivity contribution < 1.29 is 4.79 Å². The number of amides is 1. The summed E-state index contributed by atoms with van der Waals surface area (Å²) in [6.07, 6.45) is 0. The number of benzene rings is 2. The van der Waals surface area contributed by atoms with E-state index in [2.05, 4.69) is 20.6 Å². The molecule has 2 aromatic carbocycles. The first-order chi connectivity index (χ1) is 13.6. The summed E-state index contributed by atoms with van der Waals surface area (Å²) in [7, 11) is 0. The maximum Gasteiger partial charge on any atom is 0.258 e. The van der Waals surface area contributed by atoms with Gasteiger partial charge in [0.25, 0.3) is 5.56 Å². The zero-order valence-electron chi connectivity index (χ0n) is 15.1. The SMILES string of the molecule is Cc1cccc(C2c3c(nc(Nc4ccccc4)[nH]c3=O)NC(=O)C2C#N)c1. The summed E-state index contributed by atoms with van der Waals surface area (Å²) in [6.45, 7) is 1.92. The molecule has 28 heavy (non-hydrogen) atoms. The largest absolute Gasteiger partial charge is 0.326 e. The third-order valence-corrected chi connectivity index (χ3v) is 4.70. The van der Waals surface area contributed by atoms with E-state index >= 15 is 0 Å². The van der Waals surface area contributed by atoms with Gasteiger partial charge in [-0.15, -0.1) is 0 Å². The molecule has 0 spiro atoms. The predicted octanol–water partition coefficient (Wildman–Crippen LogP) is 3.05. The van der Waals surface area contributed by atoms with Gasteiger partial charge in [-0.2, -0.15) is 10.2 Å². The third-order valence-electron chi connectivity index (χ3n) is 4.70. The molecule has 3 N–H and O–H groups in total. The molecular formula is C21H17N5O2. The Morgan fingerprint density at radius 2 is 1.89 bits per heavy atom. The fourth-order valence-electron chi connectivity index (χ4n) is 3.45. The van der Waals surface area contributed by atoms with Gasteiger partial charge < -0.3 is 10.6 Å². The topological polar surface area (TPSA) is 111 Å². The van der Waals surface area contributed by atoms with Crippen LogP contribution < -0.4 is 16.2 Å². The molecule has 0 saturated carbocycles. The number of anilines is 3. The Kier molecular flexibility index (Phi) is 4.38. The molecule has 0 radical (unpaired) electrons. The van der Waals surface area contributed by atoms with Crippen LogP contribution in [0.5, 0.6) is 0 Å². The van der Waals surface area contributed by atoms with Crippen molar-refractivity contribution in [3.8, 4) is 6.07 Å².